The molecule has 0 radical (unpaired) electrons. The highest BCUT2D eigenvalue weighted by atomic mass is 127. The van der Waals surface area contributed by atoms with Crippen LogP contribution in [0.4, 0.5) is 0 Å². The van der Waals surface area contributed by atoms with Crippen LogP contribution in [0.5, 0.6) is 11.5 Å². The fraction of sp³-hybridized carbons (Fsp3) is 0.231. The van der Waals surface area contributed by atoms with Crippen molar-refractivity contribution < 1.29 is 9.47 Å². The molecule has 0 N–H and O–H groups in total. The molecule has 2 aromatic rings. The van der Waals surface area contributed by atoms with Crippen LogP contribution in [-0.2, 0) is 0 Å². The fourth-order valence-corrected chi connectivity index (χ4v) is 3.97. The zero-order valence-electron chi connectivity index (χ0n) is 10.2. The van der Waals surface area contributed by atoms with Gasteiger partial charge in [0.2, 0.25) is 0 Å². The zero-order chi connectivity index (χ0) is 14.0. The Hall–Kier alpha value is 0.0200. The van der Waals surface area contributed by atoms with E-state index < -0.39 is 0 Å². The average Bonchev–Trinajstić information content (AvgIpc) is 2.84. The summed E-state index contributed by atoms with van der Waals surface area (Å²) in [5.74, 6) is 1.49. The first-order valence-corrected chi connectivity index (χ1v) is 8.55. The Morgan fingerprint density at radius 2 is 1.89 bits per heavy atom. The molecule has 0 saturated carbocycles. The molecule has 0 fully saturated rings. The van der Waals surface area contributed by atoms with Gasteiger partial charge in [0.15, 0.2) is 0 Å². The number of ether oxygens (including phenoxy) is 2. The minimum Gasteiger partial charge on any atom is -0.496 e. The smallest absolute Gasteiger partial charge is 0.133 e. The van der Waals surface area contributed by atoms with E-state index in [4.69, 9.17) is 21.1 Å². The summed E-state index contributed by atoms with van der Waals surface area (Å²) >= 11 is 14.0. The summed E-state index contributed by atoms with van der Waals surface area (Å²) < 4.78 is 12.8. The minimum absolute atomic E-state index is 0.253. The standard InChI is InChI=1S/C13H11BrClIO2S/c1-17-10-5-9(14)11(18-2)4-8(10)13(15)7-3-12(16)19-6-7/h3-6,13H,1-2H3. The van der Waals surface area contributed by atoms with Crippen molar-refractivity contribution in [1.29, 1.82) is 0 Å². The summed E-state index contributed by atoms with van der Waals surface area (Å²) in [7, 11) is 3.27. The van der Waals surface area contributed by atoms with E-state index in [1.807, 2.05) is 12.1 Å². The lowest BCUT2D eigenvalue weighted by molar-refractivity contribution is 0.397. The summed E-state index contributed by atoms with van der Waals surface area (Å²) in [6, 6.07) is 5.86. The van der Waals surface area contributed by atoms with Gasteiger partial charge < -0.3 is 9.47 Å². The van der Waals surface area contributed by atoms with Crippen LogP contribution in [0.2, 0.25) is 0 Å². The van der Waals surface area contributed by atoms with Gasteiger partial charge >= 0.3 is 0 Å². The Bertz CT molecular complexity index is 588. The maximum atomic E-state index is 6.56. The quantitative estimate of drug-likeness (QED) is 0.434. The number of rotatable bonds is 4. The number of hydrogen-bond donors (Lipinski definition) is 0. The second-order valence-corrected chi connectivity index (χ2v) is 7.87. The van der Waals surface area contributed by atoms with E-state index in [-0.39, 0.29) is 5.38 Å². The molecule has 0 bridgehead atoms. The Balaban J connectivity index is 2.48. The van der Waals surface area contributed by atoms with Crippen LogP contribution in [0.15, 0.2) is 28.1 Å². The second-order valence-electron chi connectivity index (χ2n) is 3.78. The van der Waals surface area contributed by atoms with E-state index in [0.717, 1.165) is 27.1 Å². The molecule has 1 aromatic carbocycles. The number of hydrogen-bond acceptors (Lipinski definition) is 3. The SMILES string of the molecule is COc1cc(C(Cl)c2csc(I)c2)c(OC)cc1Br. The summed E-state index contributed by atoms with van der Waals surface area (Å²) in [5.41, 5.74) is 1.97. The Morgan fingerprint density at radius 1 is 1.21 bits per heavy atom. The summed E-state index contributed by atoms with van der Waals surface area (Å²) in [5, 5.41) is 1.81. The van der Waals surface area contributed by atoms with Gasteiger partial charge in [0.05, 0.1) is 27.0 Å². The third-order valence-electron chi connectivity index (χ3n) is 2.66. The third kappa shape index (κ3) is 3.37. The third-order valence-corrected chi connectivity index (χ3v) is 5.57. The van der Waals surface area contributed by atoms with E-state index >= 15 is 0 Å². The summed E-state index contributed by atoms with van der Waals surface area (Å²) in [6.45, 7) is 0. The normalized spacial score (nSPS) is 12.3. The molecule has 0 aliphatic rings. The molecule has 0 saturated heterocycles. The molecule has 102 valence electrons. The van der Waals surface area contributed by atoms with Crippen molar-refractivity contribution >= 4 is 61.5 Å². The van der Waals surface area contributed by atoms with E-state index in [1.165, 1.54) is 2.88 Å². The summed E-state index contributed by atoms with van der Waals surface area (Å²) in [6.07, 6.45) is 0. The van der Waals surface area contributed by atoms with Crippen molar-refractivity contribution in [2.24, 2.45) is 0 Å². The van der Waals surface area contributed by atoms with E-state index in [1.54, 1.807) is 25.6 Å². The highest BCUT2D eigenvalue weighted by Gasteiger charge is 2.19. The largest absolute Gasteiger partial charge is 0.496 e. The van der Waals surface area contributed by atoms with Crippen molar-refractivity contribution in [2.75, 3.05) is 14.2 Å². The van der Waals surface area contributed by atoms with Crippen molar-refractivity contribution in [2.45, 2.75) is 5.38 Å². The minimum atomic E-state index is -0.253. The molecule has 1 aromatic heterocycles. The van der Waals surface area contributed by atoms with Crippen molar-refractivity contribution in [3.05, 3.63) is 42.1 Å². The van der Waals surface area contributed by atoms with Crippen molar-refractivity contribution in [3.8, 4) is 11.5 Å². The van der Waals surface area contributed by atoms with Crippen molar-refractivity contribution in [1.82, 2.24) is 0 Å². The molecule has 0 aliphatic heterocycles. The second kappa shape index (κ2) is 6.65. The molecule has 19 heavy (non-hydrogen) atoms. The van der Waals surface area contributed by atoms with Gasteiger partial charge in [-0.3, -0.25) is 0 Å². The zero-order valence-corrected chi connectivity index (χ0v) is 15.6. The lowest BCUT2D eigenvalue weighted by Crippen LogP contribution is -1.98. The van der Waals surface area contributed by atoms with Gasteiger partial charge in [0, 0.05) is 5.56 Å². The van der Waals surface area contributed by atoms with E-state index in [0.29, 0.717) is 0 Å². The Labute approximate surface area is 143 Å². The average molecular weight is 474 g/mol. The van der Waals surface area contributed by atoms with Crippen LogP contribution in [-0.4, -0.2) is 14.2 Å². The van der Waals surface area contributed by atoms with Gasteiger partial charge in [-0.25, -0.2) is 0 Å². The van der Waals surface area contributed by atoms with Crippen LogP contribution >= 0.6 is 61.5 Å². The first-order chi connectivity index (χ1) is 9.06. The molecule has 1 atom stereocenters. The molecule has 2 nitrogen and oxygen atoms in total. The van der Waals surface area contributed by atoms with Crippen LogP contribution < -0.4 is 9.47 Å². The predicted octanol–water partition coefficient (Wildman–Crippen LogP) is 5.46. The molecule has 0 spiro atoms. The number of benzene rings is 1. The van der Waals surface area contributed by atoms with Gasteiger partial charge in [-0.05, 0) is 67.7 Å². The fourth-order valence-electron chi connectivity index (χ4n) is 1.72. The van der Waals surface area contributed by atoms with Gasteiger partial charge in [-0.2, -0.15) is 0 Å². The lowest BCUT2D eigenvalue weighted by Gasteiger charge is -2.15. The molecular formula is C13H11BrClIO2S. The molecular weight excluding hydrogens is 462 g/mol. The molecule has 2 rings (SSSR count). The molecule has 6 heteroatoms. The van der Waals surface area contributed by atoms with Crippen LogP contribution in [0, 0.1) is 2.88 Å². The lowest BCUT2D eigenvalue weighted by atomic mass is 10.1. The predicted molar refractivity (Wildman–Crippen MR) is 92.0 cm³/mol. The van der Waals surface area contributed by atoms with Crippen molar-refractivity contribution in [3.63, 3.8) is 0 Å². The van der Waals surface area contributed by atoms with Crippen LogP contribution in [0.3, 0.4) is 0 Å². The van der Waals surface area contributed by atoms with E-state index in [2.05, 4.69) is 50.0 Å². The summed E-state index contributed by atoms with van der Waals surface area (Å²) in [4.78, 5) is 0. The highest BCUT2D eigenvalue weighted by molar-refractivity contribution is 14.1. The Kier molecular flexibility index (Phi) is 5.39. The number of methoxy groups -OCH3 is 2. The molecule has 0 amide bonds. The van der Waals surface area contributed by atoms with Gasteiger partial charge in [0.1, 0.15) is 11.5 Å². The first-order valence-electron chi connectivity index (χ1n) is 5.36. The monoisotopic (exact) mass is 472 g/mol. The molecule has 1 unspecified atom stereocenters. The number of halogens is 3. The van der Waals surface area contributed by atoms with E-state index in [9.17, 15) is 0 Å². The first kappa shape index (κ1) is 15.4. The topological polar surface area (TPSA) is 18.5 Å². The highest BCUT2D eigenvalue weighted by Crippen LogP contribution is 2.41. The Morgan fingerprint density at radius 3 is 2.42 bits per heavy atom. The molecule has 0 aliphatic carbocycles. The van der Waals surface area contributed by atoms with Gasteiger partial charge in [0.25, 0.3) is 0 Å². The van der Waals surface area contributed by atoms with Gasteiger partial charge in [-0.15, -0.1) is 22.9 Å². The molecule has 1 heterocycles. The van der Waals surface area contributed by atoms with Crippen LogP contribution in [0.25, 0.3) is 0 Å². The maximum Gasteiger partial charge on any atom is 0.133 e. The number of thiophene rings is 1. The maximum absolute atomic E-state index is 6.56. The number of alkyl halides is 1. The van der Waals surface area contributed by atoms with Crippen LogP contribution in [0.1, 0.15) is 16.5 Å². The van der Waals surface area contributed by atoms with Gasteiger partial charge in [-0.1, -0.05) is 0 Å².